The van der Waals surface area contributed by atoms with Crippen molar-refractivity contribution in [2.24, 2.45) is 0 Å². The molecule has 0 aliphatic heterocycles. The average Bonchev–Trinajstić information content (AvgIpc) is 2.43. The van der Waals surface area contributed by atoms with E-state index in [1.54, 1.807) is 30.3 Å². The molecule has 0 amide bonds. The second kappa shape index (κ2) is 6.35. The molecule has 0 N–H and O–H groups in total. The van der Waals surface area contributed by atoms with Crippen LogP contribution in [-0.4, -0.2) is 13.1 Å². The monoisotopic (exact) mass is 330 g/mol. The van der Waals surface area contributed by atoms with Gasteiger partial charge >= 0.3 is 5.97 Å². The number of halogens is 3. The number of esters is 1. The molecule has 0 aliphatic carbocycles. The maximum absolute atomic E-state index is 12.2. The standard InChI is InChI=1S/C14H9Cl3O3/c1-19-13-11(17)7-6-10(16)12(13)14(18)20-9-4-2-8(15)3-5-9/h2-7H,1H3. The highest BCUT2D eigenvalue weighted by Crippen LogP contribution is 2.34. The second-order valence-corrected chi connectivity index (χ2v) is 5.03. The van der Waals surface area contributed by atoms with E-state index in [0.717, 1.165) is 0 Å². The van der Waals surface area contributed by atoms with Gasteiger partial charge in [0.1, 0.15) is 11.3 Å². The number of rotatable bonds is 3. The van der Waals surface area contributed by atoms with E-state index < -0.39 is 5.97 Å². The summed E-state index contributed by atoms with van der Waals surface area (Å²) in [5.41, 5.74) is 0.0802. The van der Waals surface area contributed by atoms with Crippen LogP contribution in [-0.2, 0) is 0 Å². The predicted octanol–water partition coefficient (Wildman–Crippen LogP) is 4.87. The molecule has 2 aromatic rings. The average molecular weight is 332 g/mol. The zero-order valence-electron chi connectivity index (χ0n) is 10.3. The first-order valence-electron chi connectivity index (χ1n) is 5.52. The Kier molecular flexibility index (Phi) is 4.76. The molecule has 0 radical (unpaired) electrons. The molecule has 0 fully saturated rings. The van der Waals surface area contributed by atoms with Gasteiger partial charge in [0.05, 0.1) is 17.2 Å². The Morgan fingerprint density at radius 2 is 1.55 bits per heavy atom. The molecule has 20 heavy (non-hydrogen) atoms. The summed E-state index contributed by atoms with van der Waals surface area (Å²) in [5, 5.41) is 1.02. The first kappa shape index (κ1) is 15.0. The van der Waals surface area contributed by atoms with Crippen molar-refractivity contribution in [3.8, 4) is 11.5 Å². The molecule has 104 valence electrons. The van der Waals surface area contributed by atoms with Gasteiger partial charge in [-0.15, -0.1) is 0 Å². The van der Waals surface area contributed by atoms with Crippen LogP contribution >= 0.6 is 34.8 Å². The van der Waals surface area contributed by atoms with E-state index in [2.05, 4.69) is 0 Å². The van der Waals surface area contributed by atoms with E-state index in [9.17, 15) is 4.79 Å². The number of methoxy groups -OCH3 is 1. The van der Waals surface area contributed by atoms with Crippen molar-refractivity contribution in [3.05, 3.63) is 57.0 Å². The fourth-order valence-corrected chi connectivity index (χ4v) is 2.17. The first-order valence-corrected chi connectivity index (χ1v) is 6.66. The molecular formula is C14H9Cl3O3. The number of hydrogen-bond donors (Lipinski definition) is 0. The number of benzene rings is 2. The SMILES string of the molecule is COc1c(Cl)ccc(Cl)c1C(=O)Oc1ccc(Cl)cc1. The minimum Gasteiger partial charge on any atom is -0.494 e. The maximum Gasteiger partial charge on any atom is 0.348 e. The quantitative estimate of drug-likeness (QED) is 0.594. The highest BCUT2D eigenvalue weighted by atomic mass is 35.5. The van der Waals surface area contributed by atoms with Crippen LogP contribution in [0, 0.1) is 0 Å². The molecule has 0 bridgehead atoms. The third-order valence-electron chi connectivity index (χ3n) is 2.49. The van der Waals surface area contributed by atoms with Crippen molar-refractivity contribution in [3.63, 3.8) is 0 Å². The minimum atomic E-state index is -0.656. The van der Waals surface area contributed by atoms with E-state index in [4.69, 9.17) is 44.3 Å². The summed E-state index contributed by atoms with van der Waals surface area (Å²) in [6, 6.07) is 9.42. The van der Waals surface area contributed by atoms with Crippen molar-refractivity contribution in [2.75, 3.05) is 7.11 Å². The topological polar surface area (TPSA) is 35.5 Å². The van der Waals surface area contributed by atoms with Crippen molar-refractivity contribution >= 4 is 40.8 Å². The lowest BCUT2D eigenvalue weighted by atomic mass is 10.2. The van der Waals surface area contributed by atoms with E-state index in [1.807, 2.05) is 0 Å². The second-order valence-electron chi connectivity index (χ2n) is 3.78. The molecule has 0 unspecified atom stereocenters. The molecule has 0 spiro atoms. The van der Waals surface area contributed by atoms with Gasteiger partial charge in [-0.2, -0.15) is 0 Å². The molecule has 0 aliphatic rings. The molecule has 0 atom stereocenters. The molecule has 0 heterocycles. The predicted molar refractivity (Wildman–Crippen MR) is 79.4 cm³/mol. The Morgan fingerprint density at radius 1 is 0.950 bits per heavy atom. The van der Waals surface area contributed by atoms with E-state index in [-0.39, 0.29) is 21.4 Å². The van der Waals surface area contributed by atoms with Crippen molar-refractivity contribution in [2.45, 2.75) is 0 Å². The highest BCUT2D eigenvalue weighted by molar-refractivity contribution is 6.37. The lowest BCUT2D eigenvalue weighted by Crippen LogP contribution is -2.11. The van der Waals surface area contributed by atoms with E-state index in [1.165, 1.54) is 13.2 Å². The largest absolute Gasteiger partial charge is 0.494 e. The van der Waals surface area contributed by atoms with Gasteiger partial charge in [-0.1, -0.05) is 34.8 Å². The Bertz CT molecular complexity index is 639. The molecule has 0 saturated carbocycles. The summed E-state index contributed by atoms with van der Waals surface area (Å²) < 4.78 is 10.3. The Labute approximate surface area is 131 Å². The van der Waals surface area contributed by atoms with Crippen LogP contribution in [0.15, 0.2) is 36.4 Å². The summed E-state index contributed by atoms with van der Waals surface area (Å²) >= 11 is 17.7. The van der Waals surface area contributed by atoms with Crippen molar-refractivity contribution in [1.29, 1.82) is 0 Å². The molecule has 6 heteroatoms. The summed E-state index contributed by atoms with van der Waals surface area (Å²) in [7, 11) is 1.40. The van der Waals surface area contributed by atoms with E-state index >= 15 is 0 Å². The fraction of sp³-hybridized carbons (Fsp3) is 0.0714. The summed E-state index contributed by atoms with van der Waals surface area (Å²) in [5.74, 6) is -0.132. The lowest BCUT2D eigenvalue weighted by molar-refractivity contribution is 0.0731. The van der Waals surface area contributed by atoms with Gasteiger partial charge in [0.25, 0.3) is 0 Å². The number of carbonyl (C=O) groups is 1. The zero-order chi connectivity index (χ0) is 14.7. The summed E-state index contributed by atoms with van der Waals surface area (Å²) in [4.78, 5) is 12.2. The van der Waals surface area contributed by atoms with Crippen LogP contribution in [0.2, 0.25) is 15.1 Å². The highest BCUT2D eigenvalue weighted by Gasteiger charge is 2.21. The van der Waals surface area contributed by atoms with Gasteiger partial charge in [0.2, 0.25) is 0 Å². The molecule has 3 nitrogen and oxygen atoms in total. The molecular weight excluding hydrogens is 323 g/mol. The number of carbonyl (C=O) groups excluding carboxylic acids is 1. The van der Waals surface area contributed by atoms with Crippen LogP contribution in [0.5, 0.6) is 11.5 Å². The van der Waals surface area contributed by atoms with Gasteiger partial charge in [0, 0.05) is 5.02 Å². The summed E-state index contributed by atoms with van der Waals surface area (Å²) in [6.07, 6.45) is 0. The third kappa shape index (κ3) is 3.18. The van der Waals surface area contributed by atoms with Crippen LogP contribution in [0.25, 0.3) is 0 Å². The van der Waals surface area contributed by atoms with Gasteiger partial charge in [-0.25, -0.2) is 4.79 Å². The van der Waals surface area contributed by atoms with Crippen molar-refractivity contribution in [1.82, 2.24) is 0 Å². The Hall–Kier alpha value is -1.42. The Morgan fingerprint density at radius 3 is 2.15 bits per heavy atom. The Balaban J connectivity index is 2.34. The van der Waals surface area contributed by atoms with Crippen LogP contribution < -0.4 is 9.47 Å². The van der Waals surface area contributed by atoms with E-state index in [0.29, 0.717) is 10.8 Å². The third-order valence-corrected chi connectivity index (χ3v) is 3.36. The smallest absolute Gasteiger partial charge is 0.348 e. The van der Waals surface area contributed by atoms with Gasteiger partial charge in [-0.3, -0.25) is 0 Å². The van der Waals surface area contributed by atoms with Crippen LogP contribution in [0.1, 0.15) is 10.4 Å². The number of hydrogen-bond acceptors (Lipinski definition) is 3. The van der Waals surface area contributed by atoms with Gasteiger partial charge < -0.3 is 9.47 Å². The van der Waals surface area contributed by atoms with Crippen molar-refractivity contribution < 1.29 is 14.3 Å². The zero-order valence-corrected chi connectivity index (χ0v) is 12.6. The molecule has 2 aromatic carbocycles. The fourth-order valence-electron chi connectivity index (χ4n) is 1.58. The maximum atomic E-state index is 12.2. The number of ether oxygens (including phenoxy) is 2. The molecule has 2 rings (SSSR count). The lowest BCUT2D eigenvalue weighted by Gasteiger charge is -2.11. The van der Waals surface area contributed by atoms with Gasteiger partial charge in [0.15, 0.2) is 5.75 Å². The van der Waals surface area contributed by atoms with Gasteiger partial charge in [-0.05, 0) is 36.4 Å². The minimum absolute atomic E-state index is 0.0802. The summed E-state index contributed by atoms with van der Waals surface area (Å²) in [6.45, 7) is 0. The normalized spacial score (nSPS) is 10.2. The van der Waals surface area contributed by atoms with Crippen LogP contribution in [0.4, 0.5) is 0 Å². The molecule has 0 saturated heterocycles. The molecule has 0 aromatic heterocycles. The van der Waals surface area contributed by atoms with Crippen LogP contribution in [0.3, 0.4) is 0 Å². The first-order chi connectivity index (χ1) is 9.52.